The lowest BCUT2D eigenvalue weighted by Crippen LogP contribution is -2.34. The minimum atomic E-state index is -0.445. The van der Waals surface area contributed by atoms with Crippen LogP contribution in [0, 0.1) is 34.6 Å². The summed E-state index contributed by atoms with van der Waals surface area (Å²) in [5, 5.41) is 2.94. The van der Waals surface area contributed by atoms with Gasteiger partial charge in [-0.25, -0.2) is 4.79 Å². The zero-order valence-corrected chi connectivity index (χ0v) is 18.9. The minimum Gasteiger partial charge on any atom is -0.462 e. The Morgan fingerprint density at radius 3 is 2.20 bits per heavy atom. The smallest absolute Gasteiger partial charge is 0.340 e. The molecular weight excluding hydrogens is 382 g/mol. The van der Waals surface area contributed by atoms with Gasteiger partial charge in [-0.3, -0.25) is 14.5 Å². The monoisotopic (exact) mass is 413 g/mol. The van der Waals surface area contributed by atoms with Gasteiger partial charge in [0, 0.05) is 11.4 Å². The number of aryl methyl sites for hydroxylation is 4. The highest BCUT2D eigenvalue weighted by Gasteiger charge is 2.23. The number of likely N-dealkylation sites (N-methyl/N-ethyl adjacent to an activating group) is 1. The summed E-state index contributed by atoms with van der Waals surface area (Å²) in [5.74, 6) is -0.824. The molecule has 1 aromatic heterocycles. The molecule has 2 N–H and O–H groups in total. The molecule has 1 heterocycles. The lowest BCUT2D eigenvalue weighted by Gasteiger charge is -2.17. The fourth-order valence-electron chi connectivity index (χ4n) is 3.72. The van der Waals surface area contributed by atoms with E-state index in [1.54, 1.807) is 32.7 Å². The second-order valence-corrected chi connectivity index (χ2v) is 7.76. The zero-order valence-electron chi connectivity index (χ0n) is 18.9. The van der Waals surface area contributed by atoms with Crippen LogP contribution in [0.4, 0.5) is 5.69 Å². The van der Waals surface area contributed by atoms with E-state index in [1.165, 1.54) is 0 Å². The number of esters is 1. The maximum absolute atomic E-state index is 12.8. The summed E-state index contributed by atoms with van der Waals surface area (Å²) < 4.78 is 5.07. The van der Waals surface area contributed by atoms with Crippen molar-refractivity contribution < 1.29 is 19.1 Å². The van der Waals surface area contributed by atoms with E-state index >= 15 is 0 Å². The largest absolute Gasteiger partial charge is 0.462 e. The minimum absolute atomic E-state index is 0.0440. The van der Waals surface area contributed by atoms with E-state index in [-0.39, 0.29) is 31.4 Å². The molecule has 1 aromatic carbocycles. The number of hydrogen-bond acceptors (Lipinski definition) is 5. The quantitative estimate of drug-likeness (QED) is 0.511. The van der Waals surface area contributed by atoms with Crippen molar-refractivity contribution in [3.8, 4) is 0 Å². The molecule has 7 heteroatoms. The van der Waals surface area contributed by atoms with E-state index in [4.69, 9.17) is 4.74 Å². The fourth-order valence-corrected chi connectivity index (χ4v) is 3.72. The van der Waals surface area contributed by atoms with Crippen LogP contribution in [0.1, 0.15) is 55.7 Å². The van der Waals surface area contributed by atoms with E-state index in [0.29, 0.717) is 22.5 Å². The Labute approximate surface area is 177 Å². The topological polar surface area (TPSA) is 91.5 Å². The van der Waals surface area contributed by atoms with Crippen LogP contribution in [0.5, 0.6) is 0 Å². The van der Waals surface area contributed by atoms with E-state index in [9.17, 15) is 14.4 Å². The van der Waals surface area contributed by atoms with Crippen molar-refractivity contribution >= 4 is 23.3 Å². The maximum Gasteiger partial charge on any atom is 0.340 e. The Balaban J connectivity index is 2.04. The number of H-pyrrole nitrogens is 1. The third kappa shape index (κ3) is 5.36. The predicted octanol–water partition coefficient (Wildman–Crippen LogP) is 3.49. The predicted molar refractivity (Wildman–Crippen MR) is 117 cm³/mol. The first-order valence-electron chi connectivity index (χ1n) is 10.0. The summed E-state index contributed by atoms with van der Waals surface area (Å²) in [5.41, 5.74) is 5.88. The number of aromatic amines is 1. The first kappa shape index (κ1) is 23.3. The first-order chi connectivity index (χ1) is 14.0. The van der Waals surface area contributed by atoms with Crippen molar-refractivity contribution in [3.63, 3.8) is 0 Å². The number of carbonyl (C=O) groups excluding carboxylic acids is 3. The van der Waals surface area contributed by atoms with E-state index in [1.807, 2.05) is 32.9 Å². The van der Waals surface area contributed by atoms with E-state index < -0.39 is 5.97 Å². The Kier molecular flexibility index (Phi) is 7.56. The number of Topliss-reactive ketones (excluding diaryl/α,β-unsaturated/α-hetero) is 1. The van der Waals surface area contributed by atoms with Gasteiger partial charge in [0.15, 0.2) is 5.78 Å². The molecule has 2 rings (SSSR count). The summed E-state index contributed by atoms with van der Waals surface area (Å²) in [4.78, 5) is 42.0. The first-order valence-corrected chi connectivity index (χ1v) is 10.0. The average Bonchev–Trinajstić information content (AvgIpc) is 2.92. The fraction of sp³-hybridized carbons (Fsp3) is 0.435. The molecule has 0 aliphatic heterocycles. The highest BCUT2D eigenvalue weighted by Crippen LogP contribution is 2.22. The molecule has 1 amide bonds. The van der Waals surface area contributed by atoms with Crippen molar-refractivity contribution in [1.82, 2.24) is 9.88 Å². The molecule has 0 aliphatic rings. The highest BCUT2D eigenvalue weighted by atomic mass is 16.5. The SMILES string of the molecule is CCOC(=O)c1c(C)[nH]c(C(=O)CN(C)CC(=O)Nc2c(C)cc(C)cc2C)c1C. The number of rotatable bonds is 8. The maximum atomic E-state index is 12.8. The van der Waals surface area contributed by atoms with Gasteiger partial charge >= 0.3 is 5.97 Å². The van der Waals surface area contributed by atoms with E-state index in [0.717, 1.165) is 22.4 Å². The highest BCUT2D eigenvalue weighted by molar-refractivity contribution is 6.02. The summed E-state index contributed by atoms with van der Waals surface area (Å²) in [6.45, 7) is 11.5. The van der Waals surface area contributed by atoms with Gasteiger partial charge in [0.25, 0.3) is 0 Å². The van der Waals surface area contributed by atoms with Crippen LogP contribution in [0.2, 0.25) is 0 Å². The third-order valence-corrected chi connectivity index (χ3v) is 4.96. The third-order valence-electron chi connectivity index (χ3n) is 4.96. The van der Waals surface area contributed by atoms with Crippen molar-refractivity contribution in [1.29, 1.82) is 0 Å². The lowest BCUT2D eigenvalue weighted by atomic mass is 10.1. The molecule has 0 fully saturated rings. The van der Waals surface area contributed by atoms with Gasteiger partial charge in [-0.15, -0.1) is 0 Å². The molecule has 0 atom stereocenters. The van der Waals surface area contributed by atoms with Crippen LogP contribution >= 0.6 is 0 Å². The van der Waals surface area contributed by atoms with Crippen LogP contribution < -0.4 is 5.32 Å². The van der Waals surface area contributed by atoms with Gasteiger partial charge in [-0.1, -0.05) is 17.7 Å². The van der Waals surface area contributed by atoms with Crippen LogP contribution in [0.25, 0.3) is 0 Å². The van der Waals surface area contributed by atoms with Crippen molar-refractivity contribution in [3.05, 3.63) is 51.3 Å². The molecule has 0 aliphatic carbocycles. The molecule has 30 heavy (non-hydrogen) atoms. The van der Waals surface area contributed by atoms with Gasteiger partial charge in [-0.05, 0) is 65.3 Å². The van der Waals surface area contributed by atoms with Gasteiger partial charge < -0.3 is 15.0 Å². The molecule has 0 radical (unpaired) electrons. The molecule has 7 nitrogen and oxygen atoms in total. The summed E-state index contributed by atoms with van der Waals surface area (Å²) >= 11 is 0. The molecule has 0 spiro atoms. The van der Waals surface area contributed by atoms with Gasteiger partial charge in [0.1, 0.15) is 0 Å². The van der Waals surface area contributed by atoms with Crippen LogP contribution in [0.3, 0.4) is 0 Å². The number of ether oxygens (including phenoxy) is 1. The number of hydrogen-bond donors (Lipinski definition) is 2. The van der Waals surface area contributed by atoms with Crippen LogP contribution in [-0.4, -0.2) is 54.3 Å². The van der Waals surface area contributed by atoms with Gasteiger partial charge in [0.05, 0.1) is 31.0 Å². The molecule has 162 valence electrons. The average molecular weight is 414 g/mol. The Morgan fingerprint density at radius 1 is 1.03 bits per heavy atom. The Morgan fingerprint density at radius 2 is 1.63 bits per heavy atom. The van der Waals surface area contributed by atoms with Crippen molar-refractivity contribution in [2.75, 3.05) is 32.1 Å². The normalized spacial score (nSPS) is 10.9. The van der Waals surface area contributed by atoms with Crippen molar-refractivity contribution in [2.24, 2.45) is 0 Å². The number of amides is 1. The Bertz CT molecular complexity index is 952. The summed E-state index contributed by atoms with van der Waals surface area (Å²) in [6, 6.07) is 4.04. The summed E-state index contributed by atoms with van der Waals surface area (Å²) in [7, 11) is 1.71. The standard InChI is InChI=1S/C23H31N3O4/c1-8-30-23(29)20-16(5)22(24-17(20)6)18(27)11-26(7)12-19(28)25-21-14(3)9-13(2)10-15(21)4/h9-10,24H,8,11-12H2,1-7H3,(H,25,28). The number of nitrogens with one attached hydrogen (secondary N) is 2. The molecule has 0 saturated heterocycles. The van der Waals surface area contributed by atoms with E-state index in [2.05, 4.69) is 10.3 Å². The lowest BCUT2D eigenvalue weighted by molar-refractivity contribution is -0.116. The number of nitrogens with zero attached hydrogens (tertiary/aromatic N) is 1. The zero-order chi connectivity index (χ0) is 22.6. The van der Waals surface area contributed by atoms with Crippen LogP contribution in [-0.2, 0) is 9.53 Å². The Hall–Kier alpha value is -2.93. The molecule has 2 aromatic rings. The van der Waals surface area contributed by atoms with Gasteiger partial charge in [0.2, 0.25) is 5.91 Å². The molecular formula is C23H31N3O4. The number of ketones is 1. The second kappa shape index (κ2) is 9.71. The van der Waals surface area contributed by atoms with Crippen molar-refractivity contribution in [2.45, 2.75) is 41.5 Å². The molecule has 0 saturated carbocycles. The number of anilines is 1. The van der Waals surface area contributed by atoms with Gasteiger partial charge in [-0.2, -0.15) is 0 Å². The number of aromatic nitrogens is 1. The second-order valence-electron chi connectivity index (χ2n) is 7.76. The number of carbonyl (C=O) groups is 3. The molecule has 0 unspecified atom stereocenters. The number of benzene rings is 1. The van der Waals surface area contributed by atoms with Crippen LogP contribution in [0.15, 0.2) is 12.1 Å². The summed E-state index contributed by atoms with van der Waals surface area (Å²) in [6.07, 6.45) is 0. The molecule has 0 bridgehead atoms.